The van der Waals surface area contributed by atoms with E-state index in [1.54, 1.807) is 20.8 Å². The molecular formula is C11H21NO4. The van der Waals surface area contributed by atoms with Crippen molar-refractivity contribution in [2.75, 3.05) is 19.7 Å². The summed E-state index contributed by atoms with van der Waals surface area (Å²) >= 11 is 0. The largest absolute Gasteiger partial charge is 0.444 e. The van der Waals surface area contributed by atoms with E-state index in [0.717, 1.165) is 0 Å². The van der Waals surface area contributed by atoms with E-state index in [2.05, 4.69) is 0 Å². The number of nitrogens with zero attached hydrogens (tertiary/aromatic N) is 1. The van der Waals surface area contributed by atoms with Crippen LogP contribution in [0.1, 0.15) is 33.6 Å². The van der Waals surface area contributed by atoms with Crippen molar-refractivity contribution in [3.63, 3.8) is 0 Å². The van der Waals surface area contributed by atoms with E-state index in [4.69, 9.17) is 9.84 Å². The van der Waals surface area contributed by atoms with E-state index in [0.29, 0.717) is 19.4 Å². The molecular weight excluding hydrogens is 210 g/mol. The first-order valence-corrected chi connectivity index (χ1v) is 5.57. The van der Waals surface area contributed by atoms with Crippen LogP contribution < -0.4 is 0 Å². The summed E-state index contributed by atoms with van der Waals surface area (Å²) in [5.74, 6) is 0. The monoisotopic (exact) mass is 231 g/mol. The topological polar surface area (TPSA) is 70.0 Å². The molecule has 1 aliphatic rings. The van der Waals surface area contributed by atoms with Crippen molar-refractivity contribution in [1.29, 1.82) is 0 Å². The Kier molecular flexibility index (Phi) is 3.80. The van der Waals surface area contributed by atoms with E-state index in [-0.39, 0.29) is 13.2 Å². The molecule has 5 nitrogen and oxygen atoms in total. The first kappa shape index (κ1) is 13.3. The Hall–Kier alpha value is -0.810. The number of aliphatic hydroxyl groups excluding tert-OH is 1. The molecule has 0 aliphatic carbocycles. The Morgan fingerprint density at radius 3 is 2.62 bits per heavy atom. The van der Waals surface area contributed by atoms with Gasteiger partial charge < -0.3 is 19.8 Å². The summed E-state index contributed by atoms with van der Waals surface area (Å²) in [6, 6.07) is 0. The van der Waals surface area contributed by atoms with Gasteiger partial charge in [-0.1, -0.05) is 0 Å². The van der Waals surface area contributed by atoms with Crippen molar-refractivity contribution >= 4 is 6.09 Å². The lowest BCUT2D eigenvalue weighted by Crippen LogP contribution is -2.39. The molecule has 16 heavy (non-hydrogen) atoms. The molecule has 1 atom stereocenters. The van der Waals surface area contributed by atoms with Gasteiger partial charge in [0.1, 0.15) is 5.60 Å². The number of β-amino-alcohol motifs (C(OH)–C–C–N with tert-alkyl or cyclic N) is 1. The number of amides is 1. The minimum atomic E-state index is -0.953. The normalized spacial score (nSPS) is 25.9. The van der Waals surface area contributed by atoms with Gasteiger partial charge in [-0.3, -0.25) is 0 Å². The number of hydrogen-bond donors (Lipinski definition) is 2. The van der Waals surface area contributed by atoms with Gasteiger partial charge in [-0.2, -0.15) is 0 Å². The van der Waals surface area contributed by atoms with Crippen molar-refractivity contribution in [3.8, 4) is 0 Å². The molecule has 94 valence electrons. The molecule has 0 radical (unpaired) electrons. The first-order valence-electron chi connectivity index (χ1n) is 5.57. The number of likely N-dealkylation sites (tertiary alicyclic amines) is 1. The van der Waals surface area contributed by atoms with Gasteiger partial charge in [-0.15, -0.1) is 0 Å². The maximum atomic E-state index is 11.7. The average molecular weight is 231 g/mol. The molecule has 5 heteroatoms. The van der Waals surface area contributed by atoms with Crippen LogP contribution in [-0.2, 0) is 4.74 Å². The minimum Gasteiger partial charge on any atom is -0.444 e. The van der Waals surface area contributed by atoms with Crippen LogP contribution in [0.15, 0.2) is 0 Å². The quantitative estimate of drug-likeness (QED) is 0.735. The number of carbonyl (C=O) groups is 1. The molecule has 0 aromatic heterocycles. The van der Waals surface area contributed by atoms with E-state index in [1.165, 1.54) is 4.90 Å². The van der Waals surface area contributed by atoms with Crippen LogP contribution in [0, 0.1) is 0 Å². The predicted molar refractivity (Wildman–Crippen MR) is 59.1 cm³/mol. The molecule has 0 spiro atoms. The number of rotatable bonds is 2. The Labute approximate surface area is 96.0 Å². The highest BCUT2D eigenvalue weighted by Gasteiger charge is 2.39. The number of hydrogen-bond acceptors (Lipinski definition) is 4. The van der Waals surface area contributed by atoms with Crippen molar-refractivity contribution < 1.29 is 19.7 Å². The maximum absolute atomic E-state index is 11.7. The molecule has 0 aromatic rings. The van der Waals surface area contributed by atoms with E-state index in [9.17, 15) is 9.90 Å². The lowest BCUT2D eigenvalue weighted by atomic mass is 10.00. The van der Waals surface area contributed by atoms with Crippen molar-refractivity contribution in [2.45, 2.75) is 44.8 Å². The molecule has 2 N–H and O–H groups in total. The lowest BCUT2D eigenvalue weighted by molar-refractivity contribution is 0.00645. The predicted octanol–water partition coefficient (Wildman–Crippen LogP) is 0.741. The Bertz CT molecular complexity index is 261. The molecule has 1 fully saturated rings. The Balaban J connectivity index is 2.50. The van der Waals surface area contributed by atoms with Gasteiger partial charge in [0.2, 0.25) is 0 Å². The summed E-state index contributed by atoms with van der Waals surface area (Å²) in [5.41, 5.74) is -1.47. The molecule has 0 bridgehead atoms. The fourth-order valence-corrected chi connectivity index (χ4v) is 1.75. The molecule has 1 rings (SSSR count). The van der Waals surface area contributed by atoms with Crippen LogP contribution in [0.3, 0.4) is 0 Å². The highest BCUT2D eigenvalue weighted by molar-refractivity contribution is 5.68. The minimum absolute atomic E-state index is 0.0708. The zero-order chi connectivity index (χ0) is 12.4. The second-order valence-corrected chi connectivity index (χ2v) is 5.35. The fraction of sp³-hybridized carbons (Fsp3) is 0.909. The Morgan fingerprint density at radius 2 is 2.12 bits per heavy atom. The van der Waals surface area contributed by atoms with Gasteiger partial charge in [-0.05, 0) is 27.2 Å². The van der Waals surface area contributed by atoms with Gasteiger partial charge in [-0.25, -0.2) is 4.79 Å². The van der Waals surface area contributed by atoms with Crippen molar-refractivity contribution in [1.82, 2.24) is 4.90 Å². The Morgan fingerprint density at radius 1 is 1.50 bits per heavy atom. The number of aliphatic hydroxyl groups is 2. The summed E-state index contributed by atoms with van der Waals surface area (Å²) in [6.45, 7) is 6.06. The van der Waals surface area contributed by atoms with Gasteiger partial charge in [0, 0.05) is 19.6 Å². The fourth-order valence-electron chi connectivity index (χ4n) is 1.75. The summed E-state index contributed by atoms with van der Waals surface area (Å²) in [7, 11) is 0. The van der Waals surface area contributed by atoms with Gasteiger partial charge in [0.15, 0.2) is 0 Å². The molecule has 1 amide bonds. The van der Waals surface area contributed by atoms with Crippen LogP contribution in [-0.4, -0.2) is 52.1 Å². The third kappa shape index (κ3) is 3.64. The van der Waals surface area contributed by atoms with Crippen molar-refractivity contribution in [3.05, 3.63) is 0 Å². The average Bonchev–Trinajstić information content (AvgIpc) is 2.45. The molecule has 0 saturated carbocycles. The smallest absolute Gasteiger partial charge is 0.410 e. The van der Waals surface area contributed by atoms with Gasteiger partial charge >= 0.3 is 6.09 Å². The van der Waals surface area contributed by atoms with Crippen LogP contribution >= 0.6 is 0 Å². The van der Waals surface area contributed by atoms with Gasteiger partial charge in [0.05, 0.1) is 12.1 Å². The van der Waals surface area contributed by atoms with E-state index >= 15 is 0 Å². The number of ether oxygens (including phenoxy) is 1. The first-order chi connectivity index (χ1) is 7.26. The summed E-state index contributed by atoms with van der Waals surface area (Å²) < 4.78 is 5.21. The van der Waals surface area contributed by atoms with Crippen LogP contribution in [0.4, 0.5) is 4.79 Å². The van der Waals surface area contributed by atoms with Gasteiger partial charge in [0.25, 0.3) is 0 Å². The van der Waals surface area contributed by atoms with Crippen LogP contribution in [0.25, 0.3) is 0 Å². The highest BCUT2D eigenvalue weighted by atomic mass is 16.6. The molecule has 1 aliphatic heterocycles. The SMILES string of the molecule is CC(C)(C)OC(=O)N1CCC(O)(CCO)C1. The van der Waals surface area contributed by atoms with Crippen LogP contribution in [0.5, 0.6) is 0 Å². The summed E-state index contributed by atoms with van der Waals surface area (Å²) in [4.78, 5) is 13.2. The maximum Gasteiger partial charge on any atom is 0.410 e. The zero-order valence-corrected chi connectivity index (χ0v) is 10.2. The third-order valence-corrected chi connectivity index (χ3v) is 2.56. The molecule has 1 heterocycles. The van der Waals surface area contributed by atoms with Crippen molar-refractivity contribution in [2.24, 2.45) is 0 Å². The summed E-state index contributed by atoms with van der Waals surface area (Å²) in [6.07, 6.45) is 0.389. The zero-order valence-electron chi connectivity index (χ0n) is 10.2. The van der Waals surface area contributed by atoms with E-state index in [1.807, 2.05) is 0 Å². The second-order valence-electron chi connectivity index (χ2n) is 5.35. The molecule has 0 aromatic carbocycles. The molecule has 1 unspecified atom stereocenters. The third-order valence-electron chi connectivity index (χ3n) is 2.56. The number of carbonyl (C=O) groups excluding carboxylic acids is 1. The van der Waals surface area contributed by atoms with Crippen LogP contribution in [0.2, 0.25) is 0 Å². The lowest BCUT2D eigenvalue weighted by Gasteiger charge is -2.26. The summed E-state index contributed by atoms with van der Waals surface area (Å²) in [5, 5.41) is 18.8. The standard InChI is InChI=1S/C11H21NO4/c1-10(2,3)16-9(14)12-6-4-11(15,8-12)5-7-13/h13,15H,4-8H2,1-3H3. The van der Waals surface area contributed by atoms with E-state index < -0.39 is 17.3 Å². The molecule has 1 saturated heterocycles. The second kappa shape index (κ2) is 4.59. The highest BCUT2D eigenvalue weighted by Crippen LogP contribution is 2.25.